The lowest BCUT2D eigenvalue weighted by molar-refractivity contribution is -0.0528. The summed E-state index contributed by atoms with van der Waals surface area (Å²) in [4.78, 5) is 0. The summed E-state index contributed by atoms with van der Waals surface area (Å²) in [6.07, 6.45) is 20.4. The Morgan fingerprint density at radius 1 is 0.966 bits per heavy atom. The van der Waals surface area contributed by atoms with Crippen LogP contribution in [-0.4, -0.2) is 0 Å². The molecule has 0 spiro atoms. The van der Waals surface area contributed by atoms with Gasteiger partial charge >= 0.3 is 0 Å². The van der Waals surface area contributed by atoms with Gasteiger partial charge in [0.1, 0.15) is 0 Å². The zero-order chi connectivity index (χ0) is 20.8. The molecular weight excluding hydrogens is 348 g/mol. The highest BCUT2D eigenvalue weighted by atomic mass is 14.6. The molecule has 3 saturated carbocycles. The molecule has 0 aromatic heterocycles. The van der Waals surface area contributed by atoms with Gasteiger partial charge in [-0.2, -0.15) is 0 Å². The largest absolute Gasteiger partial charge is 0.0845 e. The van der Waals surface area contributed by atoms with Crippen LogP contribution < -0.4 is 0 Å². The van der Waals surface area contributed by atoms with E-state index in [0.29, 0.717) is 10.8 Å². The maximum Gasteiger partial charge on any atom is -0.00851 e. The van der Waals surface area contributed by atoms with Gasteiger partial charge in [0.2, 0.25) is 0 Å². The predicted molar refractivity (Wildman–Crippen MR) is 127 cm³/mol. The molecule has 0 saturated heterocycles. The minimum atomic E-state index is 0.552. The molecule has 29 heavy (non-hydrogen) atoms. The molecule has 166 valence electrons. The molecule has 8 atom stereocenters. The van der Waals surface area contributed by atoms with Crippen LogP contribution in [0.5, 0.6) is 0 Å². The molecule has 4 rings (SSSR count). The Balaban J connectivity index is 1.48. The van der Waals surface area contributed by atoms with Gasteiger partial charge in [-0.1, -0.05) is 78.9 Å². The smallest absolute Gasteiger partial charge is 0.00851 e. The van der Waals surface area contributed by atoms with Crippen molar-refractivity contribution in [3.05, 3.63) is 11.6 Å². The molecule has 0 bridgehead atoms. The fourth-order valence-corrected chi connectivity index (χ4v) is 9.11. The van der Waals surface area contributed by atoms with Crippen molar-refractivity contribution in [1.29, 1.82) is 0 Å². The summed E-state index contributed by atoms with van der Waals surface area (Å²) < 4.78 is 0. The topological polar surface area (TPSA) is 0 Å². The number of rotatable bonds is 6. The van der Waals surface area contributed by atoms with E-state index in [2.05, 4.69) is 47.6 Å². The minimum Gasteiger partial charge on any atom is -0.0845 e. The SMILES string of the molecule is CC[C@H]1CC[C@@]2(C)C(=CCC3[C@@H]4CC[C@H]([C@H](C)CCCC(C)C)[C@@]4(C)CC[C@@H]32)C1. The number of hydrogen-bond donors (Lipinski definition) is 0. The Bertz CT molecular complexity index is 599. The normalized spacial score (nSPS) is 45.3. The first-order chi connectivity index (χ1) is 13.8. The van der Waals surface area contributed by atoms with E-state index in [1.807, 2.05) is 5.57 Å². The van der Waals surface area contributed by atoms with Crippen LogP contribution in [0.3, 0.4) is 0 Å². The summed E-state index contributed by atoms with van der Waals surface area (Å²) in [5.41, 5.74) is 3.08. The van der Waals surface area contributed by atoms with E-state index < -0.39 is 0 Å². The Kier molecular flexibility index (Phi) is 6.32. The lowest BCUT2D eigenvalue weighted by Gasteiger charge is -2.58. The van der Waals surface area contributed by atoms with E-state index >= 15 is 0 Å². The van der Waals surface area contributed by atoms with Gasteiger partial charge in [0.25, 0.3) is 0 Å². The van der Waals surface area contributed by atoms with E-state index in [1.54, 1.807) is 0 Å². The van der Waals surface area contributed by atoms with Crippen LogP contribution in [-0.2, 0) is 0 Å². The van der Waals surface area contributed by atoms with Crippen molar-refractivity contribution in [1.82, 2.24) is 0 Å². The lowest BCUT2D eigenvalue weighted by atomic mass is 9.46. The van der Waals surface area contributed by atoms with Crippen molar-refractivity contribution in [3.63, 3.8) is 0 Å². The van der Waals surface area contributed by atoms with E-state index in [9.17, 15) is 0 Å². The number of allylic oxidation sites excluding steroid dienone is 2. The fourth-order valence-electron chi connectivity index (χ4n) is 9.11. The minimum absolute atomic E-state index is 0.552. The second kappa shape index (κ2) is 8.35. The number of fused-ring (bicyclic) bond motifs is 5. The molecule has 0 aromatic carbocycles. The first kappa shape index (κ1) is 22.0. The maximum atomic E-state index is 2.77. The Morgan fingerprint density at radius 3 is 2.48 bits per heavy atom. The average Bonchev–Trinajstić information content (AvgIpc) is 3.04. The van der Waals surface area contributed by atoms with Gasteiger partial charge in [0.15, 0.2) is 0 Å². The standard InChI is InChI=1S/C29H50/c1-7-22-15-17-28(5)23(19-22)11-12-24-26-14-13-25(21(4)10-8-9-20(2)3)29(26,6)18-16-27(24)28/h11,20-22,24-27H,7-10,12-19H2,1-6H3/t21-,22+,24?,25-,26+,27+,28+,29-/m1/s1. The van der Waals surface area contributed by atoms with Crippen molar-refractivity contribution in [2.75, 3.05) is 0 Å². The molecule has 0 aromatic rings. The van der Waals surface area contributed by atoms with Gasteiger partial charge in [-0.3, -0.25) is 0 Å². The molecule has 0 heterocycles. The summed E-state index contributed by atoms with van der Waals surface area (Å²) in [7, 11) is 0. The van der Waals surface area contributed by atoms with Gasteiger partial charge in [-0.25, -0.2) is 0 Å². The molecule has 0 heteroatoms. The highest BCUT2D eigenvalue weighted by molar-refractivity contribution is 5.25. The highest BCUT2D eigenvalue weighted by Crippen LogP contribution is 2.67. The van der Waals surface area contributed by atoms with E-state index in [-0.39, 0.29) is 0 Å². The predicted octanol–water partition coefficient (Wildman–Crippen LogP) is 9.05. The van der Waals surface area contributed by atoms with Crippen molar-refractivity contribution >= 4 is 0 Å². The Labute approximate surface area is 182 Å². The van der Waals surface area contributed by atoms with E-state index in [4.69, 9.17) is 0 Å². The average molecular weight is 399 g/mol. The van der Waals surface area contributed by atoms with Gasteiger partial charge in [-0.05, 0) is 104 Å². The van der Waals surface area contributed by atoms with Crippen LogP contribution in [0, 0.1) is 52.3 Å². The van der Waals surface area contributed by atoms with Gasteiger partial charge in [-0.15, -0.1) is 0 Å². The van der Waals surface area contributed by atoms with E-state index in [1.165, 1.54) is 77.0 Å². The Hall–Kier alpha value is -0.260. The molecule has 0 radical (unpaired) electrons. The fraction of sp³-hybridized carbons (Fsp3) is 0.931. The third-order valence-electron chi connectivity index (χ3n) is 11.0. The Morgan fingerprint density at radius 2 is 1.76 bits per heavy atom. The molecule has 4 aliphatic carbocycles. The monoisotopic (exact) mass is 398 g/mol. The van der Waals surface area contributed by atoms with Crippen molar-refractivity contribution in [2.24, 2.45) is 52.3 Å². The van der Waals surface area contributed by atoms with Crippen LogP contribution in [0.4, 0.5) is 0 Å². The first-order valence-corrected chi connectivity index (χ1v) is 13.5. The third kappa shape index (κ3) is 3.78. The second-order valence-corrected chi connectivity index (χ2v) is 12.8. The highest BCUT2D eigenvalue weighted by Gasteiger charge is 2.58. The van der Waals surface area contributed by atoms with Crippen molar-refractivity contribution in [3.8, 4) is 0 Å². The van der Waals surface area contributed by atoms with Crippen LogP contribution in [0.1, 0.15) is 119 Å². The molecule has 0 amide bonds. The molecule has 4 aliphatic rings. The van der Waals surface area contributed by atoms with Crippen LogP contribution >= 0.6 is 0 Å². The summed E-state index contributed by atoms with van der Waals surface area (Å²) in [6.45, 7) is 15.2. The molecule has 0 N–H and O–H groups in total. The van der Waals surface area contributed by atoms with Gasteiger partial charge < -0.3 is 0 Å². The molecular formula is C29H50. The quantitative estimate of drug-likeness (QED) is 0.391. The van der Waals surface area contributed by atoms with Crippen LogP contribution in [0.15, 0.2) is 11.6 Å². The number of hydrogen-bond acceptors (Lipinski definition) is 0. The zero-order valence-corrected chi connectivity index (χ0v) is 20.6. The molecule has 0 aliphatic heterocycles. The van der Waals surface area contributed by atoms with Gasteiger partial charge in [0, 0.05) is 0 Å². The van der Waals surface area contributed by atoms with E-state index in [0.717, 1.165) is 41.4 Å². The lowest BCUT2D eigenvalue weighted by Crippen LogP contribution is -2.50. The molecule has 3 fully saturated rings. The van der Waals surface area contributed by atoms with Crippen molar-refractivity contribution in [2.45, 2.75) is 119 Å². The maximum absolute atomic E-state index is 2.77. The first-order valence-electron chi connectivity index (χ1n) is 13.5. The zero-order valence-electron chi connectivity index (χ0n) is 20.6. The van der Waals surface area contributed by atoms with Crippen molar-refractivity contribution < 1.29 is 0 Å². The van der Waals surface area contributed by atoms with Crippen LogP contribution in [0.25, 0.3) is 0 Å². The summed E-state index contributed by atoms with van der Waals surface area (Å²) in [5, 5.41) is 0. The summed E-state index contributed by atoms with van der Waals surface area (Å²) in [6, 6.07) is 0. The summed E-state index contributed by atoms with van der Waals surface area (Å²) >= 11 is 0. The third-order valence-corrected chi connectivity index (χ3v) is 11.0. The molecule has 1 unspecified atom stereocenters. The van der Waals surface area contributed by atoms with Crippen LogP contribution in [0.2, 0.25) is 0 Å². The second-order valence-electron chi connectivity index (χ2n) is 12.8. The summed E-state index contributed by atoms with van der Waals surface area (Å²) in [5.74, 6) is 6.78. The molecule has 0 nitrogen and oxygen atoms in total. The van der Waals surface area contributed by atoms with Gasteiger partial charge in [0.05, 0.1) is 0 Å².